The summed E-state index contributed by atoms with van der Waals surface area (Å²) in [6.45, 7) is 2.33. The van der Waals surface area contributed by atoms with E-state index in [4.69, 9.17) is 0 Å². The summed E-state index contributed by atoms with van der Waals surface area (Å²) in [5.74, 6) is -0.0936. The van der Waals surface area contributed by atoms with E-state index in [1.54, 1.807) is 0 Å². The molecular formula is C19H21BrN2OS. The summed E-state index contributed by atoms with van der Waals surface area (Å²) >= 11 is 5.35. The highest BCUT2D eigenvalue weighted by Gasteiger charge is 2.18. The van der Waals surface area contributed by atoms with Crippen LogP contribution < -0.4 is 5.32 Å². The van der Waals surface area contributed by atoms with Crippen molar-refractivity contribution in [1.82, 2.24) is 4.90 Å². The van der Waals surface area contributed by atoms with Crippen molar-refractivity contribution in [3.63, 3.8) is 0 Å². The first-order valence-electron chi connectivity index (χ1n) is 8.13. The molecule has 1 N–H and O–H groups in total. The van der Waals surface area contributed by atoms with E-state index >= 15 is 0 Å². The van der Waals surface area contributed by atoms with E-state index in [9.17, 15) is 4.79 Å². The Morgan fingerprint density at radius 1 is 1.17 bits per heavy atom. The summed E-state index contributed by atoms with van der Waals surface area (Å²) in [5, 5.41) is 3.66. The standard InChI is InChI=1S/C19H21BrN2OS/c1-22-11-9-15(10-12-22)24-16-6-4-5-14(13-16)21-19(23)17-7-2-3-8-18(17)20/h2-8,13,15H,9-12H2,1H3,(H,21,23). The molecule has 3 rings (SSSR count). The van der Waals surface area contributed by atoms with E-state index < -0.39 is 0 Å². The second-order valence-electron chi connectivity index (χ2n) is 6.08. The van der Waals surface area contributed by atoms with Crippen LogP contribution in [-0.2, 0) is 0 Å². The molecule has 0 saturated carbocycles. The van der Waals surface area contributed by atoms with Gasteiger partial charge in [0, 0.05) is 20.3 Å². The molecule has 2 aromatic carbocycles. The zero-order valence-electron chi connectivity index (χ0n) is 13.7. The lowest BCUT2D eigenvalue weighted by Gasteiger charge is -2.28. The topological polar surface area (TPSA) is 32.3 Å². The highest BCUT2D eigenvalue weighted by atomic mass is 79.9. The SMILES string of the molecule is CN1CCC(Sc2cccc(NC(=O)c3ccccc3Br)c2)CC1. The Balaban J connectivity index is 1.65. The van der Waals surface area contributed by atoms with Crippen LogP contribution in [0.1, 0.15) is 23.2 Å². The van der Waals surface area contributed by atoms with Gasteiger partial charge in [0.1, 0.15) is 0 Å². The number of hydrogen-bond acceptors (Lipinski definition) is 3. The molecule has 1 fully saturated rings. The molecule has 0 aliphatic carbocycles. The van der Waals surface area contributed by atoms with E-state index in [2.05, 4.69) is 45.3 Å². The monoisotopic (exact) mass is 404 g/mol. The van der Waals surface area contributed by atoms with Crippen molar-refractivity contribution in [3.8, 4) is 0 Å². The number of piperidine rings is 1. The van der Waals surface area contributed by atoms with Gasteiger partial charge >= 0.3 is 0 Å². The number of benzene rings is 2. The van der Waals surface area contributed by atoms with Gasteiger partial charge in [0.05, 0.1) is 5.56 Å². The van der Waals surface area contributed by atoms with Gasteiger partial charge in [-0.05, 0) is 79.2 Å². The van der Waals surface area contributed by atoms with Crippen LogP contribution in [0.25, 0.3) is 0 Å². The first-order chi connectivity index (χ1) is 11.6. The number of halogens is 1. The Morgan fingerprint density at radius 2 is 1.92 bits per heavy atom. The molecule has 1 aliphatic rings. The molecule has 0 spiro atoms. The number of carbonyl (C=O) groups is 1. The number of thioether (sulfide) groups is 1. The minimum Gasteiger partial charge on any atom is -0.322 e. The van der Waals surface area contributed by atoms with Crippen LogP contribution in [0.4, 0.5) is 5.69 Å². The maximum Gasteiger partial charge on any atom is 0.256 e. The van der Waals surface area contributed by atoms with E-state index in [1.807, 2.05) is 48.2 Å². The largest absolute Gasteiger partial charge is 0.322 e. The molecule has 1 heterocycles. The first-order valence-corrected chi connectivity index (χ1v) is 9.80. The molecule has 1 saturated heterocycles. The normalized spacial score (nSPS) is 16.1. The predicted octanol–water partition coefficient (Wildman–Crippen LogP) is 4.89. The van der Waals surface area contributed by atoms with Crippen molar-refractivity contribution in [3.05, 3.63) is 58.6 Å². The molecule has 126 valence electrons. The van der Waals surface area contributed by atoms with Gasteiger partial charge in [-0.2, -0.15) is 0 Å². The number of rotatable bonds is 4. The van der Waals surface area contributed by atoms with Gasteiger partial charge in [-0.1, -0.05) is 18.2 Å². The highest BCUT2D eigenvalue weighted by molar-refractivity contribution is 9.10. The Bertz CT molecular complexity index is 714. The van der Waals surface area contributed by atoms with Crippen LogP contribution in [0.15, 0.2) is 57.9 Å². The third-order valence-electron chi connectivity index (χ3n) is 4.18. The van der Waals surface area contributed by atoms with Crippen molar-refractivity contribution in [2.75, 3.05) is 25.5 Å². The van der Waals surface area contributed by atoms with Crippen LogP contribution in [0, 0.1) is 0 Å². The Morgan fingerprint density at radius 3 is 2.67 bits per heavy atom. The summed E-state index contributed by atoms with van der Waals surface area (Å²) in [6, 6.07) is 15.6. The molecule has 1 amide bonds. The van der Waals surface area contributed by atoms with Crippen molar-refractivity contribution >= 4 is 39.3 Å². The van der Waals surface area contributed by atoms with Crippen molar-refractivity contribution in [2.24, 2.45) is 0 Å². The number of likely N-dealkylation sites (tertiary alicyclic amines) is 1. The second kappa shape index (κ2) is 8.19. The minimum absolute atomic E-state index is 0.0936. The van der Waals surface area contributed by atoms with Crippen LogP contribution in [0.3, 0.4) is 0 Å². The average molecular weight is 405 g/mol. The Kier molecular flexibility index (Phi) is 5.98. The van der Waals surface area contributed by atoms with E-state index in [0.29, 0.717) is 10.8 Å². The van der Waals surface area contributed by atoms with Crippen LogP contribution in [-0.4, -0.2) is 36.2 Å². The number of nitrogens with zero attached hydrogens (tertiary/aromatic N) is 1. The summed E-state index contributed by atoms with van der Waals surface area (Å²) in [5.41, 5.74) is 1.49. The number of amides is 1. The lowest BCUT2D eigenvalue weighted by atomic mass is 10.1. The Hall–Kier alpha value is -1.30. The first kappa shape index (κ1) is 17.5. The smallest absolute Gasteiger partial charge is 0.256 e. The molecule has 5 heteroatoms. The molecule has 0 radical (unpaired) electrons. The lowest BCUT2D eigenvalue weighted by molar-refractivity contribution is 0.102. The number of carbonyl (C=O) groups excluding carboxylic acids is 1. The summed E-state index contributed by atoms with van der Waals surface area (Å²) in [7, 11) is 2.18. The van der Waals surface area contributed by atoms with Crippen molar-refractivity contribution in [1.29, 1.82) is 0 Å². The maximum atomic E-state index is 12.4. The van der Waals surface area contributed by atoms with Gasteiger partial charge in [-0.25, -0.2) is 0 Å². The number of anilines is 1. The van der Waals surface area contributed by atoms with Crippen LogP contribution in [0.5, 0.6) is 0 Å². The third kappa shape index (κ3) is 4.62. The summed E-state index contributed by atoms with van der Waals surface area (Å²) in [4.78, 5) is 16.0. The Labute approximate surface area is 155 Å². The molecule has 0 bridgehead atoms. The molecule has 0 aromatic heterocycles. The van der Waals surface area contributed by atoms with Gasteiger partial charge in [0.15, 0.2) is 0 Å². The van der Waals surface area contributed by atoms with Gasteiger partial charge < -0.3 is 10.2 Å². The zero-order valence-corrected chi connectivity index (χ0v) is 16.1. The molecular weight excluding hydrogens is 384 g/mol. The molecule has 2 aromatic rings. The lowest BCUT2D eigenvalue weighted by Crippen LogP contribution is -2.31. The van der Waals surface area contributed by atoms with E-state index in [-0.39, 0.29) is 5.91 Å². The van der Waals surface area contributed by atoms with Gasteiger partial charge in [0.2, 0.25) is 0 Å². The summed E-state index contributed by atoms with van der Waals surface area (Å²) < 4.78 is 0.805. The summed E-state index contributed by atoms with van der Waals surface area (Å²) in [6.07, 6.45) is 2.43. The quantitative estimate of drug-likeness (QED) is 0.786. The average Bonchev–Trinajstić information content (AvgIpc) is 2.58. The molecule has 3 nitrogen and oxygen atoms in total. The van der Waals surface area contributed by atoms with Crippen LogP contribution >= 0.6 is 27.7 Å². The predicted molar refractivity (Wildman–Crippen MR) is 105 cm³/mol. The number of hydrogen-bond donors (Lipinski definition) is 1. The third-order valence-corrected chi connectivity index (χ3v) is 6.20. The zero-order chi connectivity index (χ0) is 16.9. The van der Waals surface area contributed by atoms with Crippen molar-refractivity contribution < 1.29 is 4.79 Å². The van der Waals surface area contributed by atoms with Crippen molar-refractivity contribution in [2.45, 2.75) is 23.0 Å². The van der Waals surface area contributed by atoms with Gasteiger partial charge in [0.25, 0.3) is 5.91 Å². The number of nitrogens with one attached hydrogen (secondary N) is 1. The fourth-order valence-electron chi connectivity index (χ4n) is 2.79. The fraction of sp³-hybridized carbons (Fsp3) is 0.316. The fourth-order valence-corrected chi connectivity index (χ4v) is 4.43. The molecule has 0 atom stereocenters. The molecule has 24 heavy (non-hydrogen) atoms. The van der Waals surface area contributed by atoms with E-state index in [0.717, 1.165) is 23.2 Å². The maximum absolute atomic E-state index is 12.4. The van der Waals surface area contributed by atoms with Gasteiger partial charge in [-0.3, -0.25) is 4.79 Å². The van der Waals surface area contributed by atoms with Crippen LogP contribution in [0.2, 0.25) is 0 Å². The second-order valence-corrected chi connectivity index (χ2v) is 8.31. The van der Waals surface area contributed by atoms with Gasteiger partial charge in [-0.15, -0.1) is 11.8 Å². The van der Waals surface area contributed by atoms with E-state index in [1.165, 1.54) is 17.7 Å². The highest BCUT2D eigenvalue weighted by Crippen LogP contribution is 2.31. The molecule has 0 unspecified atom stereocenters. The minimum atomic E-state index is -0.0936. The molecule has 1 aliphatic heterocycles.